The van der Waals surface area contributed by atoms with Gasteiger partial charge in [0, 0.05) is 0 Å². The first kappa shape index (κ1) is 63.8. The molecule has 0 aromatic heterocycles. The Bertz CT molecular complexity index is 1290. The molecule has 1 fully saturated rings. The second kappa shape index (κ2) is 45.9. The van der Waals surface area contributed by atoms with Gasteiger partial charge in [-0.25, -0.2) is 0 Å². The molecule has 1 amide bonds. The summed E-state index contributed by atoms with van der Waals surface area (Å²) in [7, 11) is 0. The lowest BCUT2D eigenvalue weighted by atomic mass is 9.98. The molecule has 0 bridgehead atoms. The van der Waals surface area contributed by atoms with E-state index < -0.39 is 74.2 Å². The minimum absolute atomic E-state index is 0.229. The van der Waals surface area contributed by atoms with Crippen molar-refractivity contribution in [1.82, 2.24) is 5.32 Å². The number of amides is 1. The third-order valence-electron chi connectivity index (χ3n) is 13.0. The van der Waals surface area contributed by atoms with Crippen LogP contribution in [-0.4, -0.2) is 110 Å². The highest BCUT2D eigenvalue weighted by Crippen LogP contribution is 2.23. The summed E-state index contributed by atoms with van der Waals surface area (Å²) >= 11 is 0. The van der Waals surface area contributed by atoms with Gasteiger partial charge in [-0.2, -0.15) is 0 Å². The predicted molar refractivity (Wildman–Crippen MR) is 279 cm³/mol. The number of hydrogen-bond acceptors (Lipinski definition) is 10. The lowest BCUT2D eigenvalue weighted by molar-refractivity contribution is -0.303. The van der Waals surface area contributed by atoms with Crippen LogP contribution < -0.4 is 5.32 Å². The zero-order chi connectivity index (χ0) is 49.7. The summed E-state index contributed by atoms with van der Waals surface area (Å²) in [5, 5.41) is 75.9. The molecule has 1 aliphatic heterocycles. The lowest BCUT2D eigenvalue weighted by Crippen LogP contribution is -2.60. The van der Waals surface area contributed by atoms with E-state index in [9.17, 15) is 40.5 Å². The maximum Gasteiger partial charge on any atom is 0.249 e. The number of aliphatic hydroxyl groups excluding tert-OH is 7. The van der Waals surface area contributed by atoms with E-state index in [0.29, 0.717) is 19.3 Å². The molecule has 396 valence electrons. The molecule has 1 rings (SSSR count). The van der Waals surface area contributed by atoms with Crippen molar-refractivity contribution in [2.45, 2.75) is 281 Å². The summed E-state index contributed by atoms with van der Waals surface area (Å²) in [6, 6.07) is -1.20. The van der Waals surface area contributed by atoms with Crippen LogP contribution in [0.1, 0.15) is 226 Å². The first-order valence-corrected chi connectivity index (χ1v) is 27.7. The summed E-state index contributed by atoms with van der Waals surface area (Å²) in [5.41, 5.74) is 0. The molecule has 0 radical (unpaired) electrons. The Morgan fingerprint density at radius 1 is 0.515 bits per heavy atom. The molecular weight excluding hydrogens is 859 g/mol. The van der Waals surface area contributed by atoms with Crippen molar-refractivity contribution in [1.29, 1.82) is 0 Å². The van der Waals surface area contributed by atoms with E-state index in [4.69, 9.17) is 9.47 Å². The van der Waals surface area contributed by atoms with Gasteiger partial charge >= 0.3 is 0 Å². The van der Waals surface area contributed by atoms with E-state index in [2.05, 4.69) is 79.9 Å². The number of nitrogens with one attached hydrogen (secondary N) is 1. The fraction of sp³-hybridized carbons (Fsp3) is 0.807. The van der Waals surface area contributed by atoms with Gasteiger partial charge in [-0.1, -0.05) is 197 Å². The Kier molecular flexibility index (Phi) is 43.1. The molecular formula is C57H103NO10. The third-order valence-corrected chi connectivity index (χ3v) is 13.0. The third kappa shape index (κ3) is 34.2. The summed E-state index contributed by atoms with van der Waals surface area (Å²) < 4.78 is 11.1. The van der Waals surface area contributed by atoms with E-state index in [1.54, 1.807) is 0 Å². The highest BCUT2D eigenvalue weighted by molar-refractivity contribution is 5.80. The topological polar surface area (TPSA) is 189 Å². The zero-order valence-electron chi connectivity index (χ0n) is 43.1. The van der Waals surface area contributed by atoms with Gasteiger partial charge in [-0.05, 0) is 89.9 Å². The largest absolute Gasteiger partial charge is 0.394 e. The van der Waals surface area contributed by atoms with Gasteiger partial charge in [0.15, 0.2) is 6.29 Å². The van der Waals surface area contributed by atoms with E-state index >= 15 is 0 Å². The molecule has 8 N–H and O–H groups in total. The van der Waals surface area contributed by atoms with E-state index in [0.717, 1.165) is 64.2 Å². The van der Waals surface area contributed by atoms with Gasteiger partial charge in [0.05, 0.1) is 25.4 Å². The molecule has 0 aromatic rings. The normalized spacial score (nSPS) is 21.0. The van der Waals surface area contributed by atoms with Gasteiger partial charge < -0.3 is 50.5 Å². The number of aliphatic hydroxyl groups is 7. The van der Waals surface area contributed by atoms with Crippen molar-refractivity contribution < 1.29 is 50.0 Å². The number of carbonyl (C=O) groups excluding carboxylic acids is 1. The lowest BCUT2D eigenvalue weighted by Gasteiger charge is -2.40. The van der Waals surface area contributed by atoms with Crippen molar-refractivity contribution in [3.8, 4) is 0 Å². The van der Waals surface area contributed by atoms with E-state index in [1.807, 2.05) is 0 Å². The summed E-state index contributed by atoms with van der Waals surface area (Å²) in [4.78, 5) is 13.1. The summed E-state index contributed by atoms with van der Waals surface area (Å²) in [6.45, 7) is 3.39. The molecule has 0 aliphatic carbocycles. The van der Waals surface area contributed by atoms with Crippen LogP contribution in [0.3, 0.4) is 0 Å². The van der Waals surface area contributed by atoms with Crippen LogP contribution in [0.2, 0.25) is 0 Å². The number of unbranched alkanes of at least 4 members (excludes halogenated alkanes) is 25. The SMILES string of the molecule is CCCCC/C=C\C=C/CCCCCCCC(O)C(=O)NC(COC1OC(CO)C(O)C(O)C1O)C(O)C(O)CCC/C=C/CC/C=C/CC/C=C/CCCCCCCCCCCCCCCC. The number of ether oxygens (including phenoxy) is 2. The van der Waals surface area contributed by atoms with E-state index in [1.165, 1.54) is 116 Å². The number of rotatable bonds is 46. The predicted octanol–water partition coefficient (Wildman–Crippen LogP) is 11.1. The number of allylic oxidation sites excluding steroid dienone is 10. The summed E-state index contributed by atoms with van der Waals surface area (Å²) in [5.74, 6) is -0.726. The molecule has 1 saturated heterocycles. The summed E-state index contributed by atoms with van der Waals surface area (Å²) in [6.07, 6.45) is 47.1. The molecule has 11 heteroatoms. The monoisotopic (exact) mass is 962 g/mol. The maximum absolute atomic E-state index is 13.1. The molecule has 68 heavy (non-hydrogen) atoms. The Balaban J connectivity index is 2.36. The van der Waals surface area contributed by atoms with Gasteiger partial charge in [0.1, 0.15) is 36.6 Å². The van der Waals surface area contributed by atoms with E-state index in [-0.39, 0.29) is 12.8 Å². The fourth-order valence-electron chi connectivity index (χ4n) is 8.46. The molecule has 1 aliphatic rings. The maximum atomic E-state index is 13.1. The average molecular weight is 962 g/mol. The van der Waals surface area contributed by atoms with Crippen LogP contribution in [0.4, 0.5) is 0 Å². The van der Waals surface area contributed by atoms with Crippen LogP contribution in [0.15, 0.2) is 60.8 Å². The zero-order valence-corrected chi connectivity index (χ0v) is 43.1. The van der Waals surface area contributed by atoms with Crippen molar-refractivity contribution in [2.75, 3.05) is 13.2 Å². The molecule has 1 heterocycles. The number of hydrogen-bond donors (Lipinski definition) is 8. The van der Waals surface area contributed by atoms with Crippen molar-refractivity contribution in [3.63, 3.8) is 0 Å². The van der Waals surface area contributed by atoms with Crippen LogP contribution in [0.25, 0.3) is 0 Å². The molecule has 0 saturated carbocycles. The highest BCUT2D eigenvalue weighted by Gasteiger charge is 2.44. The average Bonchev–Trinajstić information content (AvgIpc) is 3.34. The molecule has 0 spiro atoms. The van der Waals surface area contributed by atoms with Crippen molar-refractivity contribution >= 4 is 5.91 Å². The second-order valence-electron chi connectivity index (χ2n) is 19.3. The van der Waals surface area contributed by atoms with Gasteiger partial charge in [0.25, 0.3) is 0 Å². The quantitative estimate of drug-likeness (QED) is 0.0166. The standard InChI is InChI=1S/C57H103NO10/c1-3-5-7-9-11-13-15-17-19-20-21-22-23-24-25-26-27-28-29-30-31-33-34-36-38-40-42-44-49(60)52(62)48(47-67-57-55(65)54(64)53(63)51(46-59)68-57)58-56(66)50(61)45-43-41-39-37-35-32-18-16-14-12-10-8-6-4-2/h12,14,16,18,26-27,30-31,36,38,48-55,57,59-65H,3-11,13,15,17,19-25,28-29,32-35,37,39-47H2,1-2H3,(H,58,66)/b14-12-,18-16-,27-26+,31-30+,38-36+. The first-order valence-electron chi connectivity index (χ1n) is 27.7. The van der Waals surface area contributed by atoms with Crippen molar-refractivity contribution in [3.05, 3.63) is 60.8 Å². The minimum atomic E-state index is -1.68. The highest BCUT2D eigenvalue weighted by atomic mass is 16.7. The Morgan fingerprint density at radius 3 is 1.43 bits per heavy atom. The van der Waals surface area contributed by atoms with Crippen LogP contribution in [0.5, 0.6) is 0 Å². The van der Waals surface area contributed by atoms with Crippen LogP contribution in [0, 0.1) is 0 Å². The Labute approximate surface area is 414 Å². The molecule has 9 unspecified atom stereocenters. The van der Waals surface area contributed by atoms with Gasteiger partial charge in [-0.15, -0.1) is 0 Å². The number of carbonyl (C=O) groups is 1. The molecule has 0 aromatic carbocycles. The van der Waals surface area contributed by atoms with Crippen LogP contribution in [-0.2, 0) is 14.3 Å². The molecule has 9 atom stereocenters. The Hall–Kier alpha value is -2.19. The van der Waals surface area contributed by atoms with Crippen molar-refractivity contribution in [2.24, 2.45) is 0 Å². The van der Waals surface area contributed by atoms with Gasteiger partial charge in [-0.3, -0.25) is 4.79 Å². The van der Waals surface area contributed by atoms with Crippen LogP contribution >= 0.6 is 0 Å². The second-order valence-corrected chi connectivity index (χ2v) is 19.3. The first-order chi connectivity index (χ1) is 33.2. The smallest absolute Gasteiger partial charge is 0.249 e. The Morgan fingerprint density at radius 2 is 0.926 bits per heavy atom. The molecule has 11 nitrogen and oxygen atoms in total. The van der Waals surface area contributed by atoms with Gasteiger partial charge in [0.2, 0.25) is 5.91 Å². The fourth-order valence-corrected chi connectivity index (χ4v) is 8.46. The minimum Gasteiger partial charge on any atom is -0.394 e.